The predicted octanol–water partition coefficient (Wildman–Crippen LogP) is 5.97. The molecule has 7 heteroatoms. The summed E-state index contributed by atoms with van der Waals surface area (Å²) in [4.78, 5) is 19.0. The van der Waals surface area contributed by atoms with Crippen molar-refractivity contribution in [2.24, 2.45) is 0 Å². The van der Waals surface area contributed by atoms with Crippen LogP contribution in [0.25, 0.3) is 17.2 Å². The van der Waals surface area contributed by atoms with E-state index in [9.17, 15) is 4.79 Å². The van der Waals surface area contributed by atoms with E-state index in [-0.39, 0.29) is 5.97 Å². The maximum atomic E-state index is 12.3. The quantitative estimate of drug-likeness (QED) is 0.395. The molecular formula is C28H32N2O4S. The second kappa shape index (κ2) is 12.5. The van der Waals surface area contributed by atoms with Crippen LogP contribution in [0.3, 0.4) is 0 Å². The van der Waals surface area contributed by atoms with E-state index in [1.807, 2.05) is 42.8 Å². The highest BCUT2D eigenvalue weighted by Gasteiger charge is 2.21. The third kappa shape index (κ3) is 6.50. The number of ether oxygens (including phenoxy) is 3. The van der Waals surface area contributed by atoms with Crippen molar-refractivity contribution in [2.75, 3.05) is 38.4 Å². The highest BCUT2D eigenvalue weighted by molar-refractivity contribution is 7.09. The molecule has 0 N–H and O–H groups in total. The summed E-state index contributed by atoms with van der Waals surface area (Å²) in [6.07, 6.45) is 6.96. The van der Waals surface area contributed by atoms with Crippen LogP contribution < -0.4 is 9.64 Å². The Morgan fingerprint density at radius 1 is 1.17 bits per heavy atom. The highest BCUT2D eigenvalue weighted by Crippen LogP contribution is 2.36. The Bertz CT molecular complexity index is 1130. The summed E-state index contributed by atoms with van der Waals surface area (Å²) in [5.41, 5.74) is 4.84. The number of para-hydroxylation sites is 1. The summed E-state index contributed by atoms with van der Waals surface area (Å²) in [5, 5.41) is 3.04. The number of esters is 1. The number of benzene rings is 2. The van der Waals surface area contributed by atoms with Crippen LogP contribution in [0.2, 0.25) is 0 Å². The first-order valence-corrected chi connectivity index (χ1v) is 12.9. The van der Waals surface area contributed by atoms with Gasteiger partial charge >= 0.3 is 5.97 Å². The van der Waals surface area contributed by atoms with Gasteiger partial charge in [-0.25, -0.2) is 9.78 Å². The average molecular weight is 493 g/mol. The summed E-state index contributed by atoms with van der Waals surface area (Å²) in [5.74, 6) is 0.572. The fourth-order valence-corrected chi connectivity index (χ4v) is 4.84. The molecular weight excluding hydrogens is 460 g/mol. The van der Waals surface area contributed by atoms with Gasteiger partial charge < -0.3 is 19.1 Å². The summed E-state index contributed by atoms with van der Waals surface area (Å²) in [6, 6.07) is 14.4. The number of carbonyl (C=O) groups is 1. The Kier molecular flexibility index (Phi) is 8.92. The Labute approximate surface area is 211 Å². The molecule has 3 heterocycles. The molecule has 1 fully saturated rings. The van der Waals surface area contributed by atoms with Crippen molar-refractivity contribution < 1.29 is 19.0 Å². The van der Waals surface area contributed by atoms with Crippen LogP contribution in [-0.4, -0.2) is 44.4 Å². The van der Waals surface area contributed by atoms with Crippen molar-refractivity contribution in [1.29, 1.82) is 0 Å². The topological polar surface area (TPSA) is 60.9 Å². The Morgan fingerprint density at radius 3 is 2.69 bits per heavy atom. The lowest BCUT2D eigenvalue weighted by Gasteiger charge is -2.24. The van der Waals surface area contributed by atoms with Crippen LogP contribution in [0.5, 0.6) is 5.75 Å². The standard InChI is InChI=1S/C24H24N2O3S.C4H8O/c1-3-29-22-7-5-4-6-20(22)17-8-9-21-19(14-17)15-18(24(27)28-2)10-12-26(21)16-23-25-11-13-30-23;1-2-4-5-3-1/h4-9,11,13-15H,3,10,12,16H2,1-2H3;1-4H2. The van der Waals surface area contributed by atoms with Crippen molar-refractivity contribution >= 4 is 29.1 Å². The number of fused-ring (bicyclic) bond motifs is 1. The number of aromatic nitrogens is 1. The molecule has 5 rings (SSSR count). The molecule has 0 unspecified atom stereocenters. The van der Waals surface area contributed by atoms with E-state index in [1.165, 1.54) is 20.0 Å². The van der Waals surface area contributed by atoms with Crippen LogP contribution in [-0.2, 0) is 20.8 Å². The van der Waals surface area contributed by atoms with Gasteiger partial charge in [-0.15, -0.1) is 11.3 Å². The molecule has 0 saturated carbocycles. The van der Waals surface area contributed by atoms with Crippen LogP contribution in [0, 0.1) is 0 Å². The van der Waals surface area contributed by atoms with Gasteiger partial charge in [0.15, 0.2) is 0 Å². The van der Waals surface area contributed by atoms with Gasteiger partial charge in [0.05, 0.1) is 20.3 Å². The Morgan fingerprint density at radius 2 is 2.00 bits per heavy atom. The maximum Gasteiger partial charge on any atom is 0.333 e. The van der Waals surface area contributed by atoms with Crippen molar-refractivity contribution in [3.05, 3.63) is 70.2 Å². The molecule has 6 nitrogen and oxygen atoms in total. The largest absolute Gasteiger partial charge is 0.493 e. The third-order valence-corrected chi connectivity index (χ3v) is 6.70. The zero-order valence-electron chi connectivity index (χ0n) is 20.4. The Hall–Kier alpha value is -3.16. The number of rotatable bonds is 6. The zero-order chi connectivity index (χ0) is 24.5. The van der Waals surface area contributed by atoms with Gasteiger partial charge in [-0.05, 0) is 61.6 Å². The van der Waals surface area contributed by atoms with Gasteiger partial charge in [-0.3, -0.25) is 0 Å². The molecule has 0 amide bonds. The monoisotopic (exact) mass is 492 g/mol. The van der Waals surface area contributed by atoms with Gasteiger partial charge in [0, 0.05) is 48.2 Å². The predicted molar refractivity (Wildman–Crippen MR) is 141 cm³/mol. The molecule has 0 bridgehead atoms. The normalized spacial score (nSPS) is 14.8. The first-order chi connectivity index (χ1) is 17.2. The number of anilines is 1. The van der Waals surface area contributed by atoms with Crippen molar-refractivity contribution in [2.45, 2.75) is 32.7 Å². The minimum Gasteiger partial charge on any atom is -0.493 e. The second-order valence-corrected chi connectivity index (χ2v) is 9.26. The number of hydrogen-bond donors (Lipinski definition) is 0. The first kappa shape index (κ1) is 24.9. The smallest absolute Gasteiger partial charge is 0.333 e. The van der Waals surface area contributed by atoms with E-state index in [2.05, 4.69) is 34.1 Å². The second-order valence-electron chi connectivity index (χ2n) is 8.28. The van der Waals surface area contributed by atoms with Gasteiger partial charge in [0.2, 0.25) is 0 Å². The first-order valence-electron chi connectivity index (χ1n) is 12.1. The lowest BCUT2D eigenvalue weighted by molar-refractivity contribution is -0.136. The molecule has 0 atom stereocenters. The van der Waals surface area contributed by atoms with Crippen molar-refractivity contribution in [3.8, 4) is 16.9 Å². The molecule has 2 aliphatic heterocycles. The third-order valence-electron chi connectivity index (χ3n) is 5.93. The van der Waals surface area contributed by atoms with E-state index in [1.54, 1.807) is 11.3 Å². The molecule has 1 aromatic heterocycles. The lowest BCUT2D eigenvalue weighted by Crippen LogP contribution is -2.24. The molecule has 0 aliphatic carbocycles. The van der Waals surface area contributed by atoms with Gasteiger partial charge in [-0.2, -0.15) is 0 Å². The van der Waals surface area contributed by atoms with Crippen LogP contribution in [0.1, 0.15) is 36.8 Å². The fraction of sp³-hybridized carbons (Fsp3) is 0.357. The number of thiazole rings is 1. The fourth-order valence-electron chi connectivity index (χ4n) is 4.21. The van der Waals surface area contributed by atoms with Crippen molar-refractivity contribution in [1.82, 2.24) is 4.98 Å². The molecule has 2 aromatic carbocycles. The zero-order valence-corrected chi connectivity index (χ0v) is 21.2. The number of hydrogen-bond acceptors (Lipinski definition) is 7. The molecule has 0 spiro atoms. The number of carbonyl (C=O) groups excluding carboxylic acids is 1. The minimum absolute atomic E-state index is 0.280. The molecule has 3 aromatic rings. The SMILES string of the molecule is C1CCOC1.CCOc1ccccc1-c1ccc2c(c1)C=C(C(=O)OC)CCN2Cc1nccs1. The highest BCUT2D eigenvalue weighted by atomic mass is 32.1. The average Bonchev–Trinajstić information content (AvgIpc) is 3.61. The summed E-state index contributed by atoms with van der Waals surface area (Å²) < 4.78 is 15.8. The van der Waals surface area contributed by atoms with E-state index in [0.717, 1.165) is 52.9 Å². The minimum atomic E-state index is -0.280. The van der Waals surface area contributed by atoms with E-state index in [0.29, 0.717) is 25.1 Å². The summed E-state index contributed by atoms with van der Waals surface area (Å²) in [7, 11) is 1.43. The number of nitrogens with zero attached hydrogens (tertiary/aromatic N) is 2. The maximum absolute atomic E-state index is 12.3. The molecule has 0 radical (unpaired) electrons. The summed E-state index contributed by atoms with van der Waals surface area (Å²) >= 11 is 1.64. The van der Waals surface area contributed by atoms with Gasteiger partial charge in [0.1, 0.15) is 10.8 Å². The van der Waals surface area contributed by atoms with E-state index >= 15 is 0 Å². The van der Waals surface area contributed by atoms with Gasteiger partial charge in [-0.1, -0.05) is 24.3 Å². The van der Waals surface area contributed by atoms with E-state index < -0.39 is 0 Å². The van der Waals surface area contributed by atoms with Crippen LogP contribution in [0.15, 0.2) is 59.6 Å². The molecule has 1 saturated heterocycles. The number of methoxy groups -OCH3 is 1. The van der Waals surface area contributed by atoms with E-state index in [4.69, 9.17) is 14.2 Å². The molecule has 2 aliphatic rings. The lowest BCUT2D eigenvalue weighted by atomic mass is 9.99. The summed E-state index contributed by atoms with van der Waals surface area (Å²) in [6.45, 7) is 6.02. The molecule has 184 valence electrons. The van der Waals surface area contributed by atoms with Crippen molar-refractivity contribution in [3.63, 3.8) is 0 Å². The molecule has 35 heavy (non-hydrogen) atoms. The van der Waals surface area contributed by atoms with Crippen LogP contribution >= 0.6 is 11.3 Å². The van der Waals surface area contributed by atoms with Gasteiger partial charge in [0.25, 0.3) is 0 Å². The Balaban J connectivity index is 0.000000514. The van der Waals surface area contributed by atoms with Crippen LogP contribution in [0.4, 0.5) is 5.69 Å².